The van der Waals surface area contributed by atoms with Crippen molar-refractivity contribution in [2.45, 2.75) is 58.4 Å². The number of fused-ring (bicyclic) bond motifs is 1. The van der Waals surface area contributed by atoms with Crippen LogP contribution < -0.4 is 4.90 Å². The quantitative estimate of drug-likeness (QED) is 0.872. The van der Waals surface area contributed by atoms with E-state index in [1.165, 1.54) is 5.56 Å². The van der Waals surface area contributed by atoms with Crippen LogP contribution in [0.25, 0.3) is 0 Å². The molecule has 3 rings (SSSR count). The summed E-state index contributed by atoms with van der Waals surface area (Å²) in [5, 5.41) is 4.00. The van der Waals surface area contributed by atoms with Gasteiger partial charge >= 0.3 is 0 Å². The summed E-state index contributed by atoms with van der Waals surface area (Å²) in [4.78, 5) is 18.9. The molecule has 0 bridgehead atoms. The molecular weight excluding hydrogens is 290 g/mol. The van der Waals surface area contributed by atoms with Crippen LogP contribution in [0.1, 0.15) is 51.4 Å². The molecule has 0 saturated carbocycles. The number of carbonyl (C=O) groups excluding carboxylic acids is 1. The SMILES string of the molecule is CC1Cc2ccccc2N1C(=O)CCc1nc(C(C)(C)C)no1. The number of nitrogens with zero attached hydrogens (tertiary/aromatic N) is 3. The third kappa shape index (κ3) is 3.14. The third-order valence-corrected chi connectivity index (χ3v) is 4.17. The first-order valence-corrected chi connectivity index (χ1v) is 8.09. The zero-order valence-corrected chi connectivity index (χ0v) is 14.2. The number of para-hydroxylation sites is 1. The van der Waals surface area contributed by atoms with Crippen LogP contribution in [-0.4, -0.2) is 22.1 Å². The molecule has 0 N–H and O–H groups in total. The number of hydrogen-bond acceptors (Lipinski definition) is 4. The maximum Gasteiger partial charge on any atom is 0.227 e. The third-order valence-electron chi connectivity index (χ3n) is 4.17. The van der Waals surface area contributed by atoms with Gasteiger partial charge in [-0.25, -0.2) is 0 Å². The second-order valence-corrected chi connectivity index (χ2v) is 7.21. The lowest BCUT2D eigenvalue weighted by atomic mass is 9.96. The Morgan fingerprint density at radius 2 is 2.09 bits per heavy atom. The molecule has 1 atom stereocenters. The van der Waals surface area contributed by atoms with E-state index in [9.17, 15) is 4.79 Å². The van der Waals surface area contributed by atoms with Gasteiger partial charge in [0.15, 0.2) is 5.82 Å². The Morgan fingerprint density at radius 1 is 1.35 bits per heavy atom. The standard InChI is InChI=1S/C18H23N3O2/c1-12-11-13-7-5-6-8-14(13)21(12)16(22)10-9-15-19-17(20-23-15)18(2,3)4/h5-8,12H,9-11H2,1-4H3. The van der Waals surface area contributed by atoms with Crippen LogP contribution in [0.15, 0.2) is 28.8 Å². The average Bonchev–Trinajstić information content (AvgIpc) is 3.07. The van der Waals surface area contributed by atoms with Crippen LogP contribution in [0.2, 0.25) is 0 Å². The van der Waals surface area contributed by atoms with Crippen molar-refractivity contribution in [3.8, 4) is 0 Å². The maximum absolute atomic E-state index is 12.6. The van der Waals surface area contributed by atoms with Crippen molar-refractivity contribution < 1.29 is 9.32 Å². The van der Waals surface area contributed by atoms with Gasteiger partial charge in [0.2, 0.25) is 11.8 Å². The molecule has 0 radical (unpaired) electrons. The Morgan fingerprint density at radius 3 is 2.78 bits per heavy atom. The van der Waals surface area contributed by atoms with E-state index in [0.29, 0.717) is 24.6 Å². The molecule has 1 aliphatic rings. The molecule has 0 spiro atoms. The van der Waals surface area contributed by atoms with E-state index in [4.69, 9.17) is 4.52 Å². The number of hydrogen-bond donors (Lipinski definition) is 0. The van der Waals surface area contributed by atoms with Gasteiger partial charge in [-0.1, -0.05) is 44.1 Å². The highest BCUT2D eigenvalue weighted by Crippen LogP contribution is 2.32. The molecule has 1 amide bonds. The summed E-state index contributed by atoms with van der Waals surface area (Å²) in [6.45, 7) is 8.20. The first-order chi connectivity index (χ1) is 10.9. The van der Waals surface area contributed by atoms with Crippen LogP contribution in [0.4, 0.5) is 5.69 Å². The van der Waals surface area contributed by atoms with E-state index >= 15 is 0 Å². The first kappa shape index (κ1) is 15.7. The molecule has 5 heteroatoms. The minimum Gasteiger partial charge on any atom is -0.339 e. The van der Waals surface area contributed by atoms with E-state index < -0.39 is 0 Å². The topological polar surface area (TPSA) is 59.2 Å². The minimum absolute atomic E-state index is 0.109. The fourth-order valence-corrected chi connectivity index (χ4v) is 2.94. The van der Waals surface area contributed by atoms with Crippen LogP contribution >= 0.6 is 0 Å². The highest BCUT2D eigenvalue weighted by Gasteiger charge is 2.30. The summed E-state index contributed by atoms with van der Waals surface area (Å²) in [7, 11) is 0. The molecule has 2 aromatic rings. The van der Waals surface area contributed by atoms with Crippen LogP contribution in [0.3, 0.4) is 0 Å². The average molecular weight is 313 g/mol. The number of rotatable bonds is 3. The smallest absolute Gasteiger partial charge is 0.227 e. The summed E-state index contributed by atoms with van der Waals surface area (Å²) >= 11 is 0. The molecule has 122 valence electrons. The zero-order chi connectivity index (χ0) is 16.6. The number of amides is 1. The van der Waals surface area contributed by atoms with Gasteiger partial charge in [-0.15, -0.1) is 0 Å². The van der Waals surface area contributed by atoms with Gasteiger partial charge in [0.1, 0.15) is 0 Å². The van der Waals surface area contributed by atoms with Crippen molar-refractivity contribution >= 4 is 11.6 Å². The van der Waals surface area contributed by atoms with E-state index in [-0.39, 0.29) is 17.4 Å². The molecule has 0 saturated heterocycles. The molecule has 23 heavy (non-hydrogen) atoms. The lowest BCUT2D eigenvalue weighted by Crippen LogP contribution is -2.35. The molecule has 2 heterocycles. The first-order valence-electron chi connectivity index (χ1n) is 8.09. The molecule has 1 aliphatic heterocycles. The minimum atomic E-state index is -0.145. The summed E-state index contributed by atoms with van der Waals surface area (Å²) in [5.74, 6) is 1.32. The summed E-state index contributed by atoms with van der Waals surface area (Å²) in [6, 6.07) is 8.30. The highest BCUT2D eigenvalue weighted by atomic mass is 16.5. The summed E-state index contributed by atoms with van der Waals surface area (Å²) in [6.07, 6.45) is 1.77. The van der Waals surface area contributed by atoms with Gasteiger partial charge in [-0.3, -0.25) is 4.79 Å². The van der Waals surface area contributed by atoms with Crippen LogP contribution in [-0.2, 0) is 23.1 Å². The van der Waals surface area contributed by atoms with Gasteiger partial charge < -0.3 is 9.42 Å². The predicted octanol–water partition coefficient (Wildman–Crippen LogP) is 3.28. The van der Waals surface area contributed by atoms with E-state index in [1.54, 1.807) is 0 Å². The number of aryl methyl sites for hydroxylation is 1. The normalized spacial score (nSPS) is 17.4. The zero-order valence-electron chi connectivity index (χ0n) is 14.2. The number of anilines is 1. The molecule has 1 aromatic carbocycles. The Balaban J connectivity index is 1.67. The lowest BCUT2D eigenvalue weighted by molar-refractivity contribution is -0.118. The molecule has 1 unspecified atom stereocenters. The van der Waals surface area contributed by atoms with Crippen molar-refractivity contribution in [3.63, 3.8) is 0 Å². The van der Waals surface area contributed by atoms with Crippen LogP contribution in [0.5, 0.6) is 0 Å². The Labute approximate surface area is 136 Å². The number of benzene rings is 1. The van der Waals surface area contributed by atoms with Crippen molar-refractivity contribution in [3.05, 3.63) is 41.5 Å². The monoisotopic (exact) mass is 313 g/mol. The van der Waals surface area contributed by atoms with Gasteiger partial charge in [0.05, 0.1) is 0 Å². The molecule has 0 fully saturated rings. The van der Waals surface area contributed by atoms with Crippen molar-refractivity contribution in [2.24, 2.45) is 0 Å². The van der Waals surface area contributed by atoms with E-state index in [2.05, 4.69) is 23.1 Å². The van der Waals surface area contributed by atoms with Crippen molar-refractivity contribution in [2.75, 3.05) is 4.90 Å². The number of carbonyl (C=O) groups is 1. The summed E-state index contributed by atoms with van der Waals surface area (Å²) < 4.78 is 5.27. The molecule has 5 nitrogen and oxygen atoms in total. The fraction of sp³-hybridized carbons (Fsp3) is 0.500. The molecule has 0 aliphatic carbocycles. The second-order valence-electron chi connectivity index (χ2n) is 7.21. The van der Waals surface area contributed by atoms with Gasteiger partial charge in [-0.05, 0) is 25.0 Å². The predicted molar refractivity (Wildman–Crippen MR) is 88.4 cm³/mol. The van der Waals surface area contributed by atoms with E-state index in [0.717, 1.165) is 12.1 Å². The van der Waals surface area contributed by atoms with Gasteiger partial charge in [0, 0.05) is 30.0 Å². The fourth-order valence-electron chi connectivity index (χ4n) is 2.94. The Hall–Kier alpha value is -2.17. The number of aromatic nitrogens is 2. The molecule has 1 aromatic heterocycles. The molecular formula is C18H23N3O2. The Kier molecular flexibility index (Phi) is 3.96. The Bertz CT molecular complexity index is 715. The van der Waals surface area contributed by atoms with E-state index in [1.807, 2.05) is 43.9 Å². The summed E-state index contributed by atoms with van der Waals surface area (Å²) in [5.41, 5.74) is 2.13. The maximum atomic E-state index is 12.6. The second kappa shape index (κ2) is 5.80. The largest absolute Gasteiger partial charge is 0.339 e. The van der Waals surface area contributed by atoms with Crippen molar-refractivity contribution in [1.82, 2.24) is 10.1 Å². The lowest BCUT2D eigenvalue weighted by Gasteiger charge is -2.22. The van der Waals surface area contributed by atoms with Gasteiger partial charge in [-0.2, -0.15) is 4.98 Å². The van der Waals surface area contributed by atoms with Crippen molar-refractivity contribution in [1.29, 1.82) is 0 Å². The van der Waals surface area contributed by atoms with Crippen LogP contribution in [0, 0.1) is 0 Å². The highest BCUT2D eigenvalue weighted by molar-refractivity contribution is 5.96. The van der Waals surface area contributed by atoms with Gasteiger partial charge in [0.25, 0.3) is 0 Å².